The second-order valence-corrected chi connectivity index (χ2v) is 8.97. The second-order valence-electron chi connectivity index (χ2n) is 8.20. The molecule has 1 aromatic heterocycles. The number of rotatable bonds is 10. The monoisotopic (exact) mass is 542 g/mol. The number of primary amides is 1. The number of carbonyl (C=O) groups excluding carboxylic acids is 4. The van der Waals surface area contributed by atoms with Gasteiger partial charge in [-0.1, -0.05) is 12.1 Å². The summed E-state index contributed by atoms with van der Waals surface area (Å²) in [6.45, 7) is 1.31. The summed E-state index contributed by atoms with van der Waals surface area (Å²) in [5, 5.41) is 2.50. The van der Waals surface area contributed by atoms with E-state index in [0.717, 1.165) is 22.7 Å². The number of amides is 3. The van der Waals surface area contributed by atoms with E-state index in [1.54, 1.807) is 31.2 Å². The normalized spacial score (nSPS) is 11.4. The zero-order valence-electron chi connectivity index (χ0n) is 20.9. The van der Waals surface area contributed by atoms with Gasteiger partial charge in [0.15, 0.2) is 5.69 Å². The van der Waals surface area contributed by atoms with Gasteiger partial charge in [-0.2, -0.15) is 4.37 Å². The van der Waals surface area contributed by atoms with Crippen LogP contribution in [0.4, 0.5) is 21.5 Å². The summed E-state index contributed by atoms with van der Waals surface area (Å²) in [7, 11) is 3.69. The van der Waals surface area contributed by atoms with Crippen molar-refractivity contribution in [1.29, 1.82) is 0 Å². The smallest absolute Gasteiger partial charge is 0.325 e. The molecule has 0 bridgehead atoms. The van der Waals surface area contributed by atoms with Crippen molar-refractivity contribution < 1.29 is 28.3 Å². The lowest BCUT2D eigenvalue weighted by Crippen LogP contribution is -2.45. The predicted molar refractivity (Wildman–Crippen MR) is 141 cm³/mol. The molecule has 13 heteroatoms. The molecule has 0 aliphatic carbocycles. The topological polar surface area (TPSA) is 161 Å². The lowest BCUT2D eigenvalue weighted by atomic mass is 10.0. The molecular weight excluding hydrogens is 515 g/mol. The zero-order chi connectivity index (χ0) is 28.0. The van der Waals surface area contributed by atoms with Gasteiger partial charge >= 0.3 is 5.97 Å². The van der Waals surface area contributed by atoms with Gasteiger partial charge in [-0.3, -0.25) is 24.1 Å². The van der Waals surface area contributed by atoms with Gasteiger partial charge in [-0.25, -0.2) is 4.39 Å². The summed E-state index contributed by atoms with van der Waals surface area (Å²) in [4.78, 5) is 53.9. The number of nitrogens with zero attached hydrogens (tertiary/aromatic N) is 3. The minimum atomic E-state index is -1.34. The molecule has 0 unspecified atom stereocenters. The maximum Gasteiger partial charge on any atom is 0.325 e. The Morgan fingerprint density at radius 1 is 1.05 bits per heavy atom. The summed E-state index contributed by atoms with van der Waals surface area (Å²) in [5.41, 5.74) is 12.2. The molecule has 5 N–H and O–H groups in total. The van der Waals surface area contributed by atoms with Gasteiger partial charge in [0, 0.05) is 25.5 Å². The minimum Gasteiger partial charge on any atom is -0.465 e. The van der Waals surface area contributed by atoms with E-state index in [9.17, 15) is 23.6 Å². The van der Waals surface area contributed by atoms with Gasteiger partial charge in [0.2, 0.25) is 5.91 Å². The first-order valence-corrected chi connectivity index (χ1v) is 12.2. The Morgan fingerprint density at radius 2 is 1.66 bits per heavy atom. The Labute approximate surface area is 222 Å². The Hall–Kier alpha value is -4.52. The van der Waals surface area contributed by atoms with E-state index in [-0.39, 0.29) is 28.6 Å². The van der Waals surface area contributed by atoms with Crippen LogP contribution in [0, 0.1) is 5.82 Å². The van der Waals surface area contributed by atoms with E-state index in [0.29, 0.717) is 17.1 Å². The average molecular weight is 543 g/mol. The number of anilines is 3. The number of halogens is 1. The maximum absolute atomic E-state index is 13.9. The molecule has 3 aromatic rings. The Morgan fingerprint density at radius 3 is 2.18 bits per heavy atom. The van der Waals surface area contributed by atoms with E-state index >= 15 is 0 Å². The number of nitrogens with one attached hydrogen (secondary N) is 1. The van der Waals surface area contributed by atoms with E-state index in [2.05, 4.69) is 9.69 Å². The van der Waals surface area contributed by atoms with Crippen molar-refractivity contribution in [3.8, 4) is 0 Å². The molecule has 1 heterocycles. The molecular formula is C25H27FN6O5S. The molecule has 0 saturated heterocycles. The Balaban J connectivity index is 2.16. The van der Waals surface area contributed by atoms with Crippen molar-refractivity contribution in [1.82, 2.24) is 9.69 Å². The third kappa shape index (κ3) is 6.24. The van der Waals surface area contributed by atoms with Crippen LogP contribution in [-0.2, 0) is 14.3 Å². The fraction of sp³-hybridized carbons (Fsp3) is 0.240. The molecule has 11 nitrogen and oxygen atoms in total. The quantitative estimate of drug-likeness (QED) is 0.328. The third-order valence-corrected chi connectivity index (χ3v) is 6.27. The van der Waals surface area contributed by atoms with Crippen molar-refractivity contribution in [3.63, 3.8) is 0 Å². The highest BCUT2D eigenvalue weighted by Crippen LogP contribution is 2.33. The largest absolute Gasteiger partial charge is 0.465 e. The van der Waals surface area contributed by atoms with Crippen LogP contribution in [0.5, 0.6) is 0 Å². The molecule has 200 valence electrons. The minimum absolute atomic E-state index is 0.122. The highest BCUT2D eigenvalue weighted by Gasteiger charge is 2.36. The number of carbonyl (C=O) groups is 4. The van der Waals surface area contributed by atoms with Gasteiger partial charge < -0.3 is 26.4 Å². The zero-order valence-corrected chi connectivity index (χ0v) is 21.8. The summed E-state index contributed by atoms with van der Waals surface area (Å²) in [6, 6.07) is 10.4. The Kier molecular flexibility index (Phi) is 8.97. The molecule has 0 aliphatic heterocycles. The number of hydrogen-bond donors (Lipinski definition) is 3. The average Bonchev–Trinajstić information content (AvgIpc) is 3.28. The molecule has 2 aromatic carbocycles. The first kappa shape index (κ1) is 28.1. The Bertz CT molecular complexity index is 1330. The molecule has 1 atom stereocenters. The number of ether oxygens (including phenoxy) is 1. The molecule has 3 rings (SSSR count). The van der Waals surface area contributed by atoms with Crippen LogP contribution in [-0.4, -0.2) is 55.3 Å². The lowest BCUT2D eigenvalue weighted by Gasteiger charge is -2.31. The number of benzene rings is 2. The number of esters is 1. The van der Waals surface area contributed by atoms with Crippen LogP contribution in [0.2, 0.25) is 0 Å². The highest BCUT2D eigenvalue weighted by molar-refractivity contribution is 7.09. The van der Waals surface area contributed by atoms with Crippen molar-refractivity contribution >= 4 is 52.3 Å². The first-order valence-electron chi connectivity index (χ1n) is 11.4. The summed E-state index contributed by atoms with van der Waals surface area (Å²) in [6.07, 6.45) is 0. The van der Waals surface area contributed by atoms with Crippen molar-refractivity contribution in [2.45, 2.75) is 13.0 Å². The maximum atomic E-state index is 13.9. The standard InChI is InChI=1S/C25H27FN6O5S/c1-4-37-18(33)13-29-24(35)21(14-5-9-16(10-6-14)31(2)3)32(17-11-7-15(26)8-12-17)25(36)22-19(27)20(23(28)34)30-38-22/h5-12,21H,4,13,27H2,1-3H3,(H2,28,34)(H,29,35)/t21-/m0/s1. The fourth-order valence-corrected chi connectivity index (χ4v) is 4.31. The van der Waals surface area contributed by atoms with Gasteiger partial charge in [0.25, 0.3) is 11.8 Å². The van der Waals surface area contributed by atoms with Crippen LogP contribution < -0.4 is 26.6 Å². The highest BCUT2D eigenvalue weighted by atomic mass is 32.1. The van der Waals surface area contributed by atoms with E-state index < -0.39 is 42.1 Å². The molecule has 3 amide bonds. The predicted octanol–water partition coefficient (Wildman–Crippen LogP) is 2.10. The van der Waals surface area contributed by atoms with Crippen LogP contribution in [0.25, 0.3) is 0 Å². The van der Waals surface area contributed by atoms with E-state index in [4.69, 9.17) is 16.2 Å². The summed E-state index contributed by atoms with van der Waals surface area (Å²) < 4.78 is 22.6. The third-order valence-electron chi connectivity index (χ3n) is 5.42. The molecule has 0 spiro atoms. The fourth-order valence-electron chi connectivity index (χ4n) is 3.56. The van der Waals surface area contributed by atoms with Crippen LogP contribution in [0.15, 0.2) is 48.5 Å². The van der Waals surface area contributed by atoms with E-state index in [1.165, 1.54) is 12.1 Å². The van der Waals surface area contributed by atoms with Crippen LogP contribution >= 0.6 is 11.5 Å². The SMILES string of the molecule is CCOC(=O)CNC(=O)[C@H](c1ccc(N(C)C)cc1)N(C(=O)c1snc(C(N)=O)c1N)c1ccc(F)cc1. The molecule has 38 heavy (non-hydrogen) atoms. The van der Waals surface area contributed by atoms with Gasteiger partial charge in [0.05, 0.1) is 12.3 Å². The van der Waals surface area contributed by atoms with Crippen LogP contribution in [0.3, 0.4) is 0 Å². The molecule has 0 saturated carbocycles. The number of hydrogen-bond acceptors (Lipinski definition) is 9. The van der Waals surface area contributed by atoms with Crippen LogP contribution in [0.1, 0.15) is 38.7 Å². The number of aromatic nitrogens is 1. The van der Waals surface area contributed by atoms with Gasteiger partial charge in [-0.05, 0) is 60.4 Å². The van der Waals surface area contributed by atoms with Crippen molar-refractivity contribution in [3.05, 3.63) is 70.5 Å². The van der Waals surface area contributed by atoms with E-state index in [1.807, 2.05) is 19.0 Å². The molecule has 0 fully saturated rings. The van der Waals surface area contributed by atoms with Crippen molar-refractivity contribution in [2.75, 3.05) is 42.8 Å². The summed E-state index contributed by atoms with van der Waals surface area (Å²) in [5.74, 6) is -3.65. The molecule has 0 radical (unpaired) electrons. The lowest BCUT2D eigenvalue weighted by molar-refractivity contribution is -0.143. The van der Waals surface area contributed by atoms with Gasteiger partial charge in [0.1, 0.15) is 23.3 Å². The number of nitrogen functional groups attached to an aromatic ring is 1. The van der Waals surface area contributed by atoms with Crippen molar-refractivity contribution in [2.24, 2.45) is 5.73 Å². The van der Waals surface area contributed by atoms with Gasteiger partial charge in [-0.15, -0.1) is 0 Å². The number of nitrogens with two attached hydrogens (primary N) is 2. The first-order chi connectivity index (χ1) is 18.0. The molecule has 0 aliphatic rings. The summed E-state index contributed by atoms with van der Waals surface area (Å²) >= 11 is 0.641. The second kappa shape index (κ2) is 12.1.